The van der Waals surface area contributed by atoms with Crippen LogP contribution >= 0.6 is 11.8 Å². The van der Waals surface area contributed by atoms with Gasteiger partial charge in [-0.3, -0.25) is 4.79 Å². The van der Waals surface area contributed by atoms with Crippen LogP contribution in [0.4, 0.5) is 5.69 Å². The van der Waals surface area contributed by atoms with E-state index in [0.717, 1.165) is 21.5 Å². The van der Waals surface area contributed by atoms with Crippen molar-refractivity contribution < 1.29 is 13.2 Å². The Morgan fingerprint density at radius 2 is 1.80 bits per heavy atom. The Balaban J connectivity index is 1.68. The summed E-state index contributed by atoms with van der Waals surface area (Å²) in [5.41, 5.74) is 2.46. The number of nitrogens with zero attached hydrogens (tertiary/aromatic N) is 2. The molecule has 0 radical (unpaired) electrons. The van der Waals surface area contributed by atoms with Crippen molar-refractivity contribution in [2.45, 2.75) is 30.7 Å². The molecule has 0 aliphatic carbocycles. The van der Waals surface area contributed by atoms with Gasteiger partial charge in [-0.25, -0.2) is 13.4 Å². The zero-order valence-electron chi connectivity index (χ0n) is 17.3. The first-order valence-corrected chi connectivity index (χ1v) is 12.2. The van der Waals surface area contributed by atoms with E-state index in [0.29, 0.717) is 18.8 Å². The number of anilines is 1. The molecule has 8 heteroatoms. The van der Waals surface area contributed by atoms with Crippen LogP contribution in [0.1, 0.15) is 19.4 Å². The number of fused-ring (bicyclic) bond motifs is 1. The maximum atomic E-state index is 12.7. The molecule has 1 amide bonds. The molecule has 30 heavy (non-hydrogen) atoms. The maximum Gasteiger partial charge on any atom is 0.243 e. The summed E-state index contributed by atoms with van der Waals surface area (Å²) in [4.78, 5) is 17.2. The lowest BCUT2D eigenvalue weighted by Gasteiger charge is -2.18. The number of thioether (sulfide) groups is 1. The number of hydrogen-bond acceptors (Lipinski definition) is 5. The molecule has 0 atom stereocenters. The van der Waals surface area contributed by atoms with Gasteiger partial charge in [0.05, 0.1) is 21.2 Å². The Morgan fingerprint density at radius 3 is 2.53 bits per heavy atom. The topological polar surface area (TPSA) is 79.4 Å². The number of aromatic nitrogens is 1. The molecule has 1 aromatic heterocycles. The summed E-state index contributed by atoms with van der Waals surface area (Å²) in [5.74, 6) is -0.0392. The van der Waals surface area contributed by atoms with Gasteiger partial charge in [0.25, 0.3) is 0 Å². The van der Waals surface area contributed by atoms with Crippen LogP contribution in [0.2, 0.25) is 0 Å². The van der Waals surface area contributed by atoms with Crippen LogP contribution in [0.3, 0.4) is 0 Å². The molecule has 2 aromatic carbocycles. The number of hydrogen-bond donors (Lipinski definition) is 1. The molecule has 0 saturated heterocycles. The lowest BCUT2D eigenvalue weighted by atomic mass is 10.1. The third-order valence-corrected chi connectivity index (χ3v) is 7.67. The van der Waals surface area contributed by atoms with Crippen LogP contribution in [0.25, 0.3) is 10.9 Å². The largest absolute Gasteiger partial charge is 0.325 e. The second kappa shape index (κ2) is 9.59. The molecular formula is C22H25N3O3S2. The van der Waals surface area contributed by atoms with Gasteiger partial charge in [-0.15, -0.1) is 0 Å². The van der Waals surface area contributed by atoms with E-state index in [1.54, 1.807) is 32.0 Å². The Bertz CT molecular complexity index is 1160. The molecule has 0 fully saturated rings. The number of carbonyl (C=O) groups is 1. The SMILES string of the molecule is CCN(CC)S(=O)(=O)c1cccc(NC(=O)CSc2cc(C)c3ccccc3n2)c1. The second-order valence-electron chi connectivity index (χ2n) is 6.75. The zero-order chi connectivity index (χ0) is 21.7. The van der Waals surface area contributed by atoms with Crippen LogP contribution in [0.15, 0.2) is 64.5 Å². The van der Waals surface area contributed by atoms with E-state index in [1.165, 1.54) is 22.1 Å². The molecule has 1 N–H and O–H groups in total. The number of pyridine rings is 1. The summed E-state index contributed by atoms with van der Waals surface area (Å²) < 4.78 is 26.8. The summed E-state index contributed by atoms with van der Waals surface area (Å²) in [5, 5.41) is 4.65. The third-order valence-electron chi connectivity index (χ3n) is 4.71. The molecule has 0 bridgehead atoms. The number of nitrogens with one attached hydrogen (secondary N) is 1. The van der Waals surface area contributed by atoms with Gasteiger partial charge in [-0.05, 0) is 42.8 Å². The summed E-state index contributed by atoms with van der Waals surface area (Å²) in [6.45, 7) is 6.41. The van der Waals surface area contributed by atoms with E-state index < -0.39 is 10.0 Å². The van der Waals surface area contributed by atoms with Crippen LogP contribution in [-0.2, 0) is 14.8 Å². The highest BCUT2D eigenvalue weighted by Gasteiger charge is 2.21. The summed E-state index contributed by atoms with van der Waals surface area (Å²) in [6, 6.07) is 16.2. The standard InChI is InChI=1S/C22H25N3O3S2/c1-4-25(5-2)30(27,28)18-10-8-9-17(14-18)23-21(26)15-29-22-13-16(3)19-11-6-7-12-20(19)24-22/h6-14H,4-5,15H2,1-3H3,(H,23,26). The number of amides is 1. The number of aryl methyl sites for hydroxylation is 1. The lowest BCUT2D eigenvalue weighted by molar-refractivity contribution is -0.113. The predicted molar refractivity (Wildman–Crippen MR) is 122 cm³/mol. The first-order chi connectivity index (χ1) is 14.3. The first-order valence-electron chi connectivity index (χ1n) is 9.74. The molecule has 158 valence electrons. The van der Waals surface area contributed by atoms with Crippen LogP contribution in [-0.4, -0.2) is 42.5 Å². The highest BCUT2D eigenvalue weighted by Crippen LogP contribution is 2.24. The van der Waals surface area contributed by atoms with E-state index in [-0.39, 0.29) is 16.6 Å². The van der Waals surface area contributed by atoms with E-state index in [2.05, 4.69) is 10.3 Å². The minimum Gasteiger partial charge on any atom is -0.325 e. The van der Waals surface area contributed by atoms with E-state index >= 15 is 0 Å². The molecule has 3 aromatic rings. The van der Waals surface area contributed by atoms with Crippen molar-refractivity contribution in [2.75, 3.05) is 24.2 Å². The highest BCUT2D eigenvalue weighted by atomic mass is 32.2. The quantitative estimate of drug-likeness (QED) is 0.525. The number of carbonyl (C=O) groups excluding carboxylic acids is 1. The Hall–Kier alpha value is -2.42. The normalized spacial score (nSPS) is 11.7. The summed E-state index contributed by atoms with van der Waals surface area (Å²) in [7, 11) is -3.57. The Morgan fingerprint density at radius 1 is 1.07 bits per heavy atom. The van der Waals surface area contributed by atoms with Crippen molar-refractivity contribution in [2.24, 2.45) is 0 Å². The van der Waals surface area contributed by atoms with Crippen molar-refractivity contribution in [3.05, 3.63) is 60.2 Å². The zero-order valence-corrected chi connectivity index (χ0v) is 18.9. The predicted octanol–water partition coefficient (Wildman–Crippen LogP) is 4.30. The maximum absolute atomic E-state index is 12.7. The smallest absolute Gasteiger partial charge is 0.243 e. The molecular weight excluding hydrogens is 418 g/mol. The molecule has 0 saturated carbocycles. The van der Waals surface area contributed by atoms with E-state index in [4.69, 9.17) is 0 Å². The van der Waals surface area contributed by atoms with Crippen LogP contribution < -0.4 is 5.32 Å². The summed E-state index contributed by atoms with van der Waals surface area (Å²) in [6.07, 6.45) is 0. The van der Waals surface area contributed by atoms with Crippen molar-refractivity contribution in [1.29, 1.82) is 0 Å². The Kier molecular flexibility index (Phi) is 7.12. The monoisotopic (exact) mass is 443 g/mol. The molecule has 0 aliphatic rings. The van der Waals surface area contributed by atoms with E-state index in [9.17, 15) is 13.2 Å². The van der Waals surface area contributed by atoms with Crippen molar-refractivity contribution in [3.63, 3.8) is 0 Å². The fourth-order valence-electron chi connectivity index (χ4n) is 3.18. The fourth-order valence-corrected chi connectivity index (χ4v) is 5.45. The molecule has 0 spiro atoms. The van der Waals surface area contributed by atoms with E-state index in [1.807, 2.05) is 37.3 Å². The summed E-state index contributed by atoms with van der Waals surface area (Å²) >= 11 is 1.35. The van der Waals surface area contributed by atoms with Gasteiger partial charge in [0.15, 0.2) is 0 Å². The third kappa shape index (κ3) is 5.00. The molecule has 0 unspecified atom stereocenters. The highest BCUT2D eigenvalue weighted by molar-refractivity contribution is 7.99. The fraction of sp³-hybridized carbons (Fsp3) is 0.273. The minimum absolute atomic E-state index is 0.170. The molecule has 1 heterocycles. The number of para-hydroxylation sites is 1. The van der Waals surface area contributed by atoms with Gasteiger partial charge in [0.1, 0.15) is 0 Å². The second-order valence-corrected chi connectivity index (χ2v) is 9.68. The van der Waals surface area contributed by atoms with Crippen molar-refractivity contribution in [1.82, 2.24) is 9.29 Å². The van der Waals surface area contributed by atoms with Gasteiger partial charge < -0.3 is 5.32 Å². The van der Waals surface area contributed by atoms with Gasteiger partial charge in [-0.2, -0.15) is 4.31 Å². The molecule has 3 rings (SSSR count). The van der Waals surface area contributed by atoms with Crippen molar-refractivity contribution >= 4 is 44.3 Å². The number of sulfonamides is 1. The van der Waals surface area contributed by atoms with Gasteiger partial charge in [0, 0.05) is 24.2 Å². The van der Waals surface area contributed by atoms with Gasteiger partial charge in [-0.1, -0.05) is 49.9 Å². The van der Waals surface area contributed by atoms with Crippen molar-refractivity contribution in [3.8, 4) is 0 Å². The first kappa shape index (κ1) is 22.3. The number of benzene rings is 2. The van der Waals surface area contributed by atoms with Crippen LogP contribution in [0, 0.1) is 6.92 Å². The Labute approximate surface area is 181 Å². The van der Waals surface area contributed by atoms with Gasteiger partial charge in [0.2, 0.25) is 15.9 Å². The average molecular weight is 444 g/mol. The van der Waals surface area contributed by atoms with Gasteiger partial charge >= 0.3 is 0 Å². The average Bonchev–Trinajstić information content (AvgIpc) is 2.73. The minimum atomic E-state index is -3.57. The lowest BCUT2D eigenvalue weighted by Crippen LogP contribution is -2.30. The number of rotatable bonds is 8. The van der Waals surface area contributed by atoms with Crippen LogP contribution in [0.5, 0.6) is 0 Å². The molecule has 0 aliphatic heterocycles. The molecule has 6 nitrogen and oxygen atoms in total.